The predicted molar refractivity (Wildman–Crippen MR) is 68.2 cm³/mol. The van der Waals surface area contributed by atoms with Crippen LogP contribution in [-0.4, -0.2) is 35.6 Å². The molecule has 0 aromatic carbocycles. The van der Waals surface area contributed by atoms with Crippen molar-refractivity contribution in [3.05, 3.63) is 22.4 Å². The molecule has 0 amide bonds. The van der Waals surface area contributed by atoms with Gasteiger partial charge in [-0.1, -0.05) is 0 Å². The van der Waals surface area contributed by atoms with Gasteiger partial charge in [-0.3, -0.25) is 0 Å². The molecule has 1 unspecified atom stereocenters. The van der Waals surface area contributed by atoms with Gasteiger partial charge in [-0.2, -0.15) is 0 Å². The molecule has 0 radical (unpaired) electrons. The van der Waals surface area contributed by atoms with E-state index in [4.69, 9.17) is 4.74 Å². The minimum Gasteiger partial charge on any atom is -0.488 e. The Kier molecular flexibility index (Phi) is 2.10. The topological polar surface area (TPSA) is 25.4 Å². The second-order valence-corrected chi connectivity index (χ2v) is 6.35. The van der Waals surface area contributed by atoms with E-state index in [0.29, 0.717) is 11.5 Å². The van der Waals surface area contributed by atoms with Crippen molar-refractivity contribution < 1.29 is 4.74 Å². The summed E-state index contributed by atoms with van der Waals surface area (Å²) < 4.78 is 7.12. The molecule has 90 valence electrons. The third-order valence-electron chi connectivity index (χ3n) is 4.54. The standard InChI is InChI=1S/C13H15BrN2O/c14-12-2-1-10-9(15-12)7-13-4-6-16(8-13)5-3-11(13)17-10/h1-2,11H,3-8H2/t11-,13+/m0/s1. The lowest BCUT2D eigenvalue weighted by atomic mass is 9.73. The highest BCUT2D eigenvalue weighted by atomic mass is 79.9. The van der Waals surface area contributed by atoms with E-state index < -0.39 is 0 Å². The molecule has 2 saturated heterocycles. The highest BCUT2D eigenvalue weighted by Gasteiger charge is 2.51. The average Bonchev–Trinajstić information content (AvgIpc) is 2.64. The third kappa shape index (κ3) is 1.47. The highest BCUT2D eigenvalue weighted by molar-refractivity contribution is 9.10. The molecule has 1 aromatic heterocycles. The Morgan fingerprint density at radius 3 is 3.29 bits per heavy atom. The molecule has 3 aliphatic heterocycles. The molecular formula is C13H15BrN2O. The largest absolute Gasteiger partial charge is 0.488 e. The smallest absolute Gasteiger partial charge is 0.141 e. The minimum absolute atomic E-state index is 0.346. The van der Waals surface area contributed by atoms with E-state index >= 15 is 0 Å². The second-order valence-electron chi connectivity index (χ2n) is 5.54. The zero-order chi connectivity index (χ0) is 11.5. The Labute approximate surface area is 109 Å². The quantitative estimate of drug-likeness (QED) is 0.686. The van der Waals surface area contributed by atoms with Crippen molar-refractivity contribution in [3.63, 3.8) is 0 Å². The van der Waals surface area contributed by atoms with Crippen LogP contribution in [-0.2, 0) is 6.42 Å². The van der Waals surface area contributed by atoms with Crippen LogP contribution in [0.25, 0.3) is 0 Å². The monoisotopic (exact) mass is 294 g/mol. The summed E-state index contributed by atoms with van der Waals surface area (Å²) in [4.78, 5) is 7.16. The van der Waals surface area contributed by atoms with Crippen molar-refractivity contribution >= 4 is 15.9 Å². The fourth-order valence-corrected chi connectivity index (χ4v) is 4.01. The van der Waals surface area contributed by atoms with Crippen molar-refractivity contribution in [2.45, 2.75) is 25.4 Å². The molecule has 1 spiro atoms. The van der Waals surface area contributed by atoms with Gasteiger partial charge >= 0.3 is 0 Å². The van der Waals surface area contributed by atoms with Crippen molar-refractivity contribution in [3.8, 4) is 5.75 Å². The number of pyridine rings is 1. The fraction of sp³-hybridized carbons (Fsp3) is 0.615. The van der Waals surface area contributed by atoms with Gasteiger partial charge in [0.05, 0.1) is 5.69 Å². The van der Waals surface area contributed by atoms with Crippen LogP contribution in [0.3, 0.4) is 0 Å². The van der Waals surface area contributed by atoms with E-state index in [9.17, 15) is 0 Å². The maximum absolute atomic E-state index is 6.20. The number of nitrogens with zero attached hydrogens (tertiary/aromatic N) is 2. The zero-order valence-corrected chi connectivity index (χ0v) is 11.2. The van der Waals surface area contributed by atoms with E-state index in [2.05, 4.69) is 31.9 Å². The first-order chi connectivity index (χ1) is 8.25. The van der Waals surface area contributed by atoms with E-state index in [1.807, 2.05) is 6.07 Å². The van der Waals surface area contributed by atoms with Crippen LogP contribution in [0.15, 0.2) is 16.7 Å². The van der Waals surface area contributed by atoms with Gasteiger partial charge in [-0.15, -0.1) is 0 Å². The van der Waals surface area contributed by atoms with Crippen LogP contribution in [0, 0.1) is 5.41 Å². The number of ether oxygens (including phenoxy) is 1. The molecule has 2 bridgehead atoms. The molecule has 3 nitrogen and oxygen atoms in total. The van der Waals surface area contributed by atoms with Gasteiger partial charge in [0.2, 0.25) is 0 Å². The fourth-order valence-electron chi connectivity index (χ4n) is 3.67. The second kappa shape index (κ2) is 3.45. The first-order valence-electron chi connectivity index (χ1n) is 6.30. The molecule has 4 heteroatoms. The van der Waals surface area contributed by atoms with Crippen LogP contribution in [0.4, 0.5) is 0 Å². The van der Waals surface area contributed by atoms with Gasteiger partial charge in [-0.25, -0.2) is 4.98 Å². The predicted octanol–water partition coefficient (Wildman–Crippen LogP) is 2.24. The lowest BCUT2D eigenvalue weighted by Gasteiger charge is -2.44. The molecule has 1 aromatic rings. The Bertz CT molecular complexity index is 478. The zero-order valence-electron chi connectivity index (χ0n) is 9.66. The Morgan fingerprint density at radius 2 is 2.35 bits per heavy atom. The lowest BCUT2D eigenvalue weighted by molar-refractivity contribution is -0.00199. The van der Waals surface area contributed by atoms with Gasteiger partial charge in [0.1, 0.15) is 16.5 Å². The number of fused-ring (bicyclic) bond motifs is 2. The van der Waals surface area contributed by atoms with E-state index in [0.717, 1.165) is 22.5 Å². The van der Waals surface area contributed by atoms with Crippen molar-refractivity contribution in [2.75, 3.05) is 19.6 Å². The van der Waals surface area contributed by atoms with Gasteiger partial charge in [0.25, 0.3) is 0 Å². The first-order valence-corrected chi connectivity index (χ1v) is 7.09. The maximum atomic E-state index is 6.20. The number of halogens is 1. The third-order valence-corrected chi connectivity index (χ3v) is 4.98. The summed E-state index contributed by atoms with van der Waals surface area (Å²) >= 11 is 3.45. The van der Waals surface area contributed by atoms with E-state index in [1.165, 1.54) is 32.5 Å². The Balaban J connectivity index is 1.77. The van der Waals surface area contributed by atoms with Gasteiger partial charge in [0, 0.05) is 24.9 Å². The Hall–Kier alpha value is -0.610. The molecule has 0 saturated carbocycles. The number of rotatable bonds is 0. The summed E-state index contributed by atoms with van der Waals surface area (Å²) in [7, 11) is 0. The van der Waals surface area contributed by atoms with Gasteiger partial charge in [-0.05, 0) is 47.4 Å². The lowest BCUT2D eigenvalue weighted by Crippen LogP contribution is -2.50. The SMILES string of the molecule is Brc1ccc2c(n1)C[C@@]13CCN(CC[C@@H]1O2)C3. The van der Waals surface area contributed by atoms with Crippen LogP contribution >= 0.6 is 15.9 Å². The van der Waals surface area contributed by atoms with Crippen molar-refractivity contribution in [1.82, 2.24) is 9.88 Å². The summed E-state index contributed by atoms with van der Waals surface area (Å²) in [5.41, 5.74) is 1.48. The molecule has 17 heavy (non-hydrogen) atoms. The molecule has 0 aliphatic carbocycles. The summed E-state index contributed by atoms with van der Waals surface area (Å²) in [6.07, 6.45) is 3.95. The average molecular weight is 295 g/mol. The normalized spacial score (nSPS) is 38.2. The minimum atomic E-state index is 0.346. The molecule has 3 aliphatic rings. The van der Waals surface area contributed by atoms with Crippen molar-refractivity contribution in [2.24, 2.45) is 5.41 Å². The Morgan fingerprint density at radius 1 is 1.41 bits per heavy atom. The molecule has 0 N–H and O–H groups in total. The van der Waals surface area contributed by atoms with E-state index in [-0.39, 0.29) is 0 Å². The van der Waals surface area contributed by atoms with E-state index in [1.54, 1.807) is 0 Å². The summed E-state index contributed by atoms with van der Waals surface area (Å²) in [5, 5.41) is 0. The first kappa shape index (κ1) is 10.3. The van der Waals surface area contributed by atoms with Gasteiger partial charge in [0.15, 0.2) is 0 Å². The summed E-state index contributed by atoms with van der Waals surface area (Å²) in [6.45, 7) is 3.64. The number of aromatic nitrogens is 1. The van der Waals surface area contributed by atoms with Crippen molar-refractivity contribution in [1.29, 1.82) is 0 Å². The van der Waals surface area contributed by atoms with Crippen LogP contribution < -0.4 is 4.74 Å². The molecule has 3 atom stereocenters. The molecule has 4 rings (SSSR count). The summed E-state index contributed by atoms with van der Waals surface area (Å²) in [6, 6.07) is 4.03. The number of piperidine rings is 1. The molecule has 4 heterocycles. The highest BCUT2D eigenvalue weighted by Crippen LogP contribution is 2.48. The molecular weight excluding hydrogens is 280 g/mol. The van der Waals surface area contributed by atoms with Crippen LogP contribution in [0.2, 0.25) is 0 Å². The van der Waals surface area contributed by atoms with Crippen LogP contribution in [0.5, 0.6) is 5.75 Å². The molecule has 2 fully saturated rings. The summed E-state index contributed by atoms with van der Waals surface area (Å²) in [5.74, 6) is 1.00. The maximum Gasteiger partial charge on any atom is 0.141 e. The number of hydrogen-bond acceptors (Lipinski definition) is 3. The van der Waals surface area contributed by atoms with Gasteiger partial charge < -0.3 is 9.64 Å². The van der Waals surface area contributed by atoms with Crippen LogP contribution in [0.1, 0.15) is 18.5 Å². The number of hydrogen-bond donors (Lipinski definition) is 0.